The first-order chi connectivity index (χ1) is 16.0. The van der Waals surface area contributed by atoms with E-state index in [1.54, 1.807) is 18.2 Å². The van der Waals surface area contributed by atoms with Gasteiger partial charge in [-0.1, -0.05) is 17.7 Å². The highest BCUT2D eigenvalue weighted by atomic mass is 16.5. The normalized spacial score (nSPS) is 31.6. The fourth-order valence-electron chi connectivity index (χ4n) is 5.28. The molecule has 1 spiro atoms. The van der Waals surface area contributed by atoms with Gasteiger partial charge in [-0.15, -0.1) is 0 Å². The molecule has 0 radical (unpaired) electrons. The summed E-state index contributed by atoms with van der Waals surface area (Å²) in [7, 11) is 0. The van der Waals surface area contributed by atoms with Gasteiger partial charge in [0.1, 0.15) is 12.1 Å². The van der Waals surface area contributed by atoms with Crippen molar-refractivity contribution in [2.75, 3.05) is 13.1 Å². The average molecular weight is 470 g/mol. The van der Waals surface area contributed by atoms with Gasteiger partial charge in [0.05, 0.1) is 12.6 Å². The molecule has 4 atom stereocenters. The summed E-state index contributed by atoms with van der Waals surface area (Å²) in [5.74, 6) is -3.92. The molecule has 2 fully saturated rings. The Labute approximate surface area is 194 Å². The van der Waals surface area contributed by atoms with Crippen LogP contribution < -0.4 is 22.1 Å². The molecular weight excluding hydrogens is 444 g/mol. The van der Waals surface area contributed by atoms with Crippen LogP contribution in [0.25, 0.3) is 0 Å². The molecule has 3 amide bonds. The third kappa shape index (κ3) is 3.04. The molecule has 4 heterocycles. The van der Waals surface area contributed by atoms with Gasteiger partial charge in [-0.05, 0) is 19.1 Å². The molecule has 180 valence electrons. The number of rotatable bonds is 4. The number of guanidine groups is 2. The number of carbonyl (C=O) groups excluding carboxylic acids is 3. The zero-order valence-electron chi connectivity index (χ0n) is 18.4. The van der Waals surface area contributed by atoms with Crippen LogP contribution in [0.3, 0.4) is 0 Å². The van der Waals surface area contributed by atoms with E-state index < -0.39 is 35.5 Å². The van der Waals surface area contributed by atoms with Crippen molar-refractivity contribution in [1.82, 2.24) is 20.4 Å². The van der Waals surface area contributed by atoms with Gasteiger partial charge < -0.3 is 37.2 Å². The summed E-state index contributed by atoms with van der Waals surface area (Å²) >= 11 is 0. The maximum atomic E-state index is 12.9. The van der Waals surface area contributed by atoms with Crippen molar-refractivity contribution in [3.05, 3.63) is 35.4 Å². The molecule has 0 bridgehead atoms. The Bertz CT molecular complexity index is 1130. The first-order valence-electron chi connectivity index (χ1n) is 10.9. The first-order valence-corrected chi connectivity index (χ1v) is 10.9. The second-order valence-electron chi connectivity index (χ2n) is 9.04. The average Bonchev–Trinajstić information content (AvgIpc) is 3.36. The third-order valence-corrected chi connectivity index (χ3v) is 6.91. The van der Waals surface area contributed by atoms with Crippen LogP contribution in [0.5, 0.6) is 0 Å². The smallest absolute Gasteiger partial charge is 0.251 e. The first kappa shape index (κ1) is 22.1. The maximum Gasteiger partial charge on any atom is 0.251 e. The highest BCUT2D eigenvalue weighted by molar-refractivity contribution is 6.02. The van der Waals surface area contributed by atoms with Crippen LogP contribution in [-0.2, 0) is 9.59 Å². The van der Waals surface area contributed by atoms with Gasteiger partial charge in [-0.2, -0.15) is 0 Å². The van der Waals surface area contributed by atoms with E-state index in [9.17, 15) is 24.6 Å². The molecule has 13 nitrogen and oxygen atoms in total. The van der Waals surface area contributed by atoms with Crippen LogP contribution in [-0.4, -0.2) is 92.3 Å². The lowest BCUT2D eigenvalue weighted by atomic mass is 9.84. The number of nitrogens with two attached hydrogens (primary N) is 2. The standard InChI is InChI=1S/C21H26N8O5/c1-10-3-2-4-11(7-10)17(32)25-13-9-29-19(23)24-12(8-28-14(30)5-6-15(28)31)16-20(29,21(13,33)34)27-18(22)26-16/h2-4,7,12-13,16,33-34H,5-6,8-9H2,1H3,(H2,23,24)(H,25,32)(H3,22,26,27)/t12?,13?,16?,20-/m0/s1. The lowest BCUT2D eigenvalue weighted by Gasteiger charge is -2.49. The maximum absolute atomic E-state index is 12.9. The number of nitrogens with zero attached hydrogens (tertiary/aromatic N) is 4. The fraction of sp³-hybridized carbons (Fsp3) is 0.476. The molecular formula is C21H26N8O5. The quantitative estimate of drug-likeness (QED) is 0.195. The third-order valence-electron chi connectivity index (χ3n) is 6.91. The van der Waals surface area contributed by atoms with Crippen LogP contribution in [0.15, 0.2) is 34.3 Å². The van der Waals surface area contributed by atoms with Crippen molar-refractivity contribution in [2.45, 2.75) is 49.3 Å². The Morgan fingerprint density at radius 3 is 2.62 bits per heavy atom. The largest absolute Gasteiger partial charge is 0.370 e. The second-order valence-corrected chi connectivity index (χ2v) is 9.04. The van der Waals surface area contributed by atoms with Gasteiger partial charge in [-0.25, -0.2) is 9.98 Å². The van der Waals surface area contributed by atoms with Crippen molar-refractivity contribution in [1.29, 1.82) is 0 Å². The molecule has 3 unspecified atom stereocenters. The summed E-state index contributed by atoms with van der Waals surface area (Å²) in [5.41, 5.74) is 11.6. The molecule has 13 heteroatoms. The lowest BCUT2D eigenvalue weighted by molar-refractivity contribution is -0.230. The summed E-state index contributed by atoms with van der Waals surface area (Å²) in [6, 6.07) is 3.80. The number of aliphatic imine (C=N–C) groups is 2. The zero-order valence-corrected chi connectivity index (χ0v) is 18.4. The van der Waals surface area contributed by atoms with E-state index in [1.807, 2.05) is 13.0 Å². The Morgan fingerprint density at radius 1 is 1.24 bits per heavy atom. The molecule has 8 N–H and O–H groups in total. The number of carbonyl (C=O) groups is 3. The van der Waals surface area contributed by atoms with Gasteiger partial charge in [-0.3, -0.25) is 19.3 Å². The Kier molecular flexibility index (Phi) is 4.81. The summed E-state index contributed by atoms with van der Waals surface area (Å²) in [4.78, 5) is 48.5. The van der Waals surface area contributed by atoms with Crippen molar-refractivity contribution in [3.8, 4) is 0 Å². The number of nitrogens with one attached hydrogen (secondary N) is 2. The van der Waals surface area contributed by atoms with Crippen LogP contribution in [0.2, 0.25) is 0 Å². The van der Waals surface area contributed by atoms with Gasteiger partial charge in [0.15, 0.2) is 17.6 Å². The Balaban J connectivity index is 1.47. The minimum Gasteiger partial charge on any atom is -0.370 e. The highest BCUT2D eigenvalue weighted by Crippen LogP contribution is 2.45. The number of imide groups is 1. The van der Waals surface area contributed by atoms with E-state index in [1.165, 1.54) is 4.90 Å². The number of amides is 3. The van der Waals surface area contributed by atoms with Crippen LogP contribution >= 0.6 is 0 Å². The van der Waals surface area contributed by atoms with Crippen LogP contribution in [0, 0.1) is 6.92 Å². The molecule has 1 aromatic rings. The van der Waals surface area contributed by atoms with E-state index in [4.69, 9.17) is 11.5 Å². The van der Waals surface area contributed by atoms with Crippen molar-refractivity contribution < 1.29 is 24.6 Å². The van der Waals surface area contributed by atoms with Gasteiger partial charge in [0, 0.05) is 24.9 Å². The number of likely N-dealkylation sites (tertiary alicyclic amines) is 1. The molecule has 5 rings (SSSR count). The van der Waals surface area contributed by atoms with Gasteiger partial charge in [0.2, 0.25) is 17.6 Å². The Hall–Kier alpha value is -3.71. The monoisotopic (exact) mass is 470 g/mol. The zero-order chi connectivity index (χ0) is 24.4. The number of aliphatic hydroxyl groups is 2. The van der Waals surface area contributed by atoms with Gasteiger partial charge in [0.25, 0.3) is 5.91 Å². The summed E-state index contributed by atoms with van der Waals surface area (Å²) in [6.45, 7) is 1.61. The highest BCUT2D eigenvalue weighted by Gasteiger charge is 2.73. The number of hydrogen-bond donors (Lipinski definition) is 6. The molecule has 4 aliphatic rings. The fourth-order valence-corrected chi connectivity index (χ4v) is 5.28. The minimum absolute atomic E-state index is 0.0578. The van der Waals surface area contributed by atoms with E-state index in [-0.39, 0.29) is 49.7 Å². The van der Waals surface area contributed by atoms with E-state index in [0.717, 1.165) is 10.5 Å². The van der Waals surface area contributed by atoms with E-state index in [0.29, 0.717) is 5.56 Å². The van der Waals surface area contributed by atoms with Crippen molar-refractivity contribution in [2.24, 2.45) is 21.5 Å². The van der Waals surface area contributed by atoms with Crippen LogP contribution in [0.1, 0.15) is 28.8 Å². The number of aryl methyl sites for hydroxylation is 1. The predicted octanol–water partition coefficient (Wildman–Crippen LogP) is -3.08. The number of hydrogen-bond acceptors (Lipinski definition) is 11. The van der Waals surface area contributed by atoms with Crippen LogP contribution in [0.4, 0.5) is 0 Å². The molecule has 0 saturated carbocycles. The molecule has 1 aromatic carbocycles. The summed E-state index contributed by atoms with van der Waals surface area (Å²) < 4.78 is 0. The van der Waals surface area contributed by atoms with Crippen molar-refractivity contribution >= 4 is 29.6 Å². The molecule has 0 aliphatic carbocycles. The summed E-state index contributed by atoms with van der Waals surface area (Å²) in [6.07, 6.45) is 0.209. The summed E-state index contributed by atoms with van der Waals surface area (Å²) in [5, 5.41) is 28.4. The molecule has 2 saturated heterocycles. The minimum atomic E-state index is -2.60. The molecule has 0 aromatic heterocycles. The predicted molar refractivity (Wildman–Crippen MR) is 119 cm³/mol. The molecule has 4 aliphatic heterocycles. The van der Waals surface area contributed by atoms with E-state index in [2.05, 4.69) is 20.6 Å². The SMILES string of the molecule is Cc1cccc(C(=O)NC2CN3C(N)=NC(CN4C(=O)CCC4=O)C4N=C(N)N[C@@]43C2(O)O)c1. The topological polar surface area (TPSA) is 199 Å². The second kappa shape index (κ2) is 7.40. The van der Waals surface area contributed by atoms with E-state index >= 15 is 0 Å². The number of benzene rings is 1. The van der Waals surface area contributed by atoms with Crippen molar-refractivity contribution in [3.63, 3.8) is 0 Å². The van der Waals surface area contributed by atoms with Gasteiger partial charge >= 0.3 is 0 Å². The molecule has 34 heavy (non-hydrogen) atoms. The lowest BCUT2D eigenvalue weighted by Crippen LogP contribution is -2.78. The Morgan fingerprint density at radius 2 is 1.94 bits per heavy atom.